The van der Waals surface area contributed by atoms with E-state index in [9.17, 15) is 0 Å². The second-order valence-electron chi connectivity index (χ2n) is 6.13. The molecule has 0 saturated heterocycles. The number of fused-ring (bicyclic) bond motifs is 3. The van der Waals surface area contributed by atoms with Crippen LogP contribution < -0.4 is 5.32 Å². The molecule has 0 bridgehead atoms. The van der Waals surface area contributed by atoms with Crippen molar-refractivity contribution in [3.05, 3.63) is 74.7 Å². The molecule has 0 saturated carbocycles. The minimum atomic E-state index is 0.306. The van der Waals surface area contributed by atoms with Crippen molar-refractivity contribution in [1.82, 2.24) is 0 Å². The molecule has 3 atom stereocenters. The number of benzene rings is 2. The Hall–Kier alpha value is -1.25. The largest absolute Gasteiger partial charge is 0.377 e. The first kappa shape index (κ1) is 14.3. The lowest BCUT2D eigenvalue weighted by Gasteiger charge is -2.38. The van der Waals surface area contributed by atoms with Crippen LogP contribution in [0.3, 0.4) is 0 Å². The number of allylic oxidation sites excluding steroid dienone is 2. The lowest BCUT2D eigenvalue weighted by atomic mass is 9.76. The summed E-state index contributed by atoms with van der Waals surface area (Å²) in [6.07, 6.45) is 5.80. The molecule has 1 nitrogen and oxygen atoms in total. The summed E-state index contributed by atoms with van der Waals surface area (Å²) in [7, 11) is 0. The third kappa shape index (κ3) is 2.12. The molecule has 0 aromatic heterocycles. The Morgan fingerprint density at radius 3 is 2.77 bits per heavy atom. The molecule has 2 aliphatic rings. The van der Waals surface area contributed by atoms with Crippen LogP contribution in [-0.4, -0.2) is 0 Å². The van der Waals surface area contributed by atoms with Crippen LogP contribution in [0.5, 0.6) is 0 Å². The standard InChI is InChI=1S/C19H17BrClN/c1-11-17(21)10-9-14-12-6-4-7-13(12)19(22-18(11)14)15-5-2-3-8-16(15)20/h2-6,8-10,12-13,19,22H,7H2,1H3/t12-,13-,19-/m0/s1. The third-order valence-electron chi connectivity index (χ3n) is 4.97. The van der Waals surface area contributed by atoms with Gasteiger partial charge in [-0.15, -0.1) is 0 Å². The molecule has 22 heavy (non-hydrogen) atoms. The van der Waals surface area contributed by atoms with E-state index < -0.39 is 0 Å². The zero-order valence-corrected chi connectivity index (χ0v) is 14.7. The summed E-state index contributed by atoms with van der Waals surface area (Å²) in [4.78, 5) is 0. The van der Waals surface area contributed by atoms with E-state index in [1.165, 1.54) is 21.3 Å². The van der Waals surface area contributed by atoms with E-state index in [0.29, 0.717) is 17.9 Å². The zero-order valence-electron chi connectivity index (χ0n) is 12.3. The molecule has 1 N–H and O–H groups in total. The molecule has 3 heteroatoms. The van der Waals surface area contributed by atoms with E-state index in [4.69, 9.17) is 11.6 Å². The van der Waals surface area contributed by atoms with E-state index in [-0.39, 0.29) is 0 Å². The first-order valence-corrected chi connectivity index (χ1v) is 8.80. The van der Waals surface area contributed by atoms with Gasteiger partial charge in [0.05, 0.1) is 6.04 Å². The van der Waals surface area contributed by atoms with Crippen LogP contribution in [0.15, 0.2) is 53.0 Å². The average Bonchev–Trinajstić information content (AvgIpc) is 3.00. The number of halogens is 2. The normalized spacial score (nSPS) is 25.5. The first-order chi connectivity index (χ1) is 10.7. The lowest BCUT2D eigenvalue weighted by molar-refractivity contribution is 0.424. The minimum Gasteiger partial charge on any atom is -0.377 e. The molecule has 0 spiro atoms. The molecule has 4 rings (SSSR count). The van der Waals surface area contributed by atoms with Crippen molar-refractivity contribution in [1.29, 1.82) is 0 Å². The number of nitrogens with one attached hydrogen (secondary N) is 1. The SMILES string of the molecule is Cc1c(Cl)ccc2c1N[C@H](c1ccccc1Br)[C@H]1CC=C[C@H]21. The van der Waals surface area contributed by atoms with Gasteiger partial charge in [-0.3, -0.25) is 0 Å². The number of rotatable bonds is 1. The van der Waals surface area contributed by atoms with Crippen molar-refractivity contribution in [3.8, 4) is 0 Å². The van der Waals surface area contributed by atoms with Gasteiger partial charge in [0.1, 0.15) is 0 Å². The van der Waals surface area contributed by atoms with Gasteiger partial charge in [-0.05, 0) is 48.1 Å². The van der Waals surface area contributed by atoms with Crippen LogP contribution in [0.2, 0.25) is 5.02 Å². The van der Waals surface area contributed by atoms with E-state index in [1.54, 1.807) is 0 Å². The summed E-state index contributed by atoms with van der Waals surface area (Å²) in [5.74, 6) is 1.04. The minimum absolute atomic E-state index is 0.306. The lowest BCUT2D eigenvalue weighted by Crippen LogP contribution is -2.29. The zero-order chi connectivity index (χ0) is 15.3. The predicted octanol–water partition coefficient (Wildman–Crippen LogP) is 6.24. The van der Waals surface area contributed by atoms with Crippen LogP contribution in [0.4, 0.5) is 5.69 Å². The Morgan fingerprint density at radius 2 is 1.95 bits per heavy atom. The number of hydrogen-bond donors (Lipinski definition) is 1. The summed E-state index contributed by atoms with van der Waals surface area (Å²) in [6.45, 7) is 2.10. The Bertz CT molecular complexity index is 768. The van der Waals surface area contributed by atoms with Crippen LogP contribution in [-0.2, 0) is 0 Å². The van der Waals surface area contributed by atoms with Crippen molar-refractivity contribution < 1.29 is 0 Å². The molecule has 0 unspecified atom stereocenters. The average molecular weight is 375 g/mol. The van der Waals surface area contributed by atoms with E-state index in [1.807, 2.05) is 6.07 Å². The fourth-order valence-electron chi connectivity index (χ4n) is 3.82. The Labute approximate surface area is 144 Å². The number of anilines is 1. The van der Waals surface area contributed by atoms with Gasteiger partial charge in [-0.25, -0.2) is 0 Å². The molecule has 0 radical (unpaired) electrons. The van der Waals surface area contributed by atoms with Gasteiger partial charge in [-0.1, -0.05) is 63.9 Å². The third-order valence-corrected chi connectivity index (χ3v) is 6.10. The maximum absolute atomic E-state index is 6.35. The molecular weight excluding hydrogens is 358 g/mol. The molecule has 0 fully saturated rings. The van der Waals surface area contributed by atoms with Crippen LogP contribution in [0, 0.1) is 12.8 Å². The summed E-state index contributed by atoms with van der Waals surface area (Å²) < 4.78 is 1.17. The Morgan fingerprint density at radius 1 is 1.14 bits per heavy atom. The quantitative estimate of drug-likeness (QED) is 0.583. The summed E-state index contributed by atoms with van der Waals surface area (Å²) in [6, 6.07) is 13.0. The first-order valence-electron chi connectivity index (χ1n) is 7.63. The topological polar surface area (TPSA) is 12.0 Å². The molecule has 0 amide bonds. The van der Waals surface area contributed by atoms with E-state index >= 15 is 0 Å². The van der Waals surface area contributed by atoms with Gasteiger partial charge >= 0.3 is 0 Å². The highest BCUT2D eigenvalue weighted by Crippen LogP contribution is 2.52. The number of hydrogen-bond acceptors (Lipinski definition) is 1. The van der Waals surface area contributed by atoms with Gasteiger partial charge in [0.15, 0.2) is 0 Å². The fourth-order valence-corrected chi connectivity index (χ4v) is 4.51. The highest BCUT2D eigenvalue weighted by Gasteiger charge is 2.39. The fraction of sp³-hybridized carbons (Fsp3) is 0.263. The smallest absolute Gasteiger partial charge is 0.0565 e. The molecule has 2 aromatic rings. The second-order valence-corrected chi connectivity index (χ2v) is 7.40. The van der Waals surface area contributed by atoms with Crippen molar-refractivity contribution in [2.75, 3.05) is 5.32 Å². The van der Waals surface area contributed by atoms with E-state index in [0.717, 1.165) is 17.0 Å². The van der Waals surface area contributed by atoms with Gasteiger partial charge in [0.25, 0.3) is 0 Å². The second kappa shape index (κ2) is 5.43. The highest BCUT2D eigenvalue weighted by molar-refractivity contribution is 9.10. The molecule has 1 aliphatic heterocycles. The van der Waals surface area contributed by atoms with E-state index in [2.05, 4.69) is 70.7 Å². The van der Waals surface area contributed by atoms with Gasteiger partial charge in [0.2, 0.25) is 0 Å². The Balaban J connectivity index is 1.87. The molecular formula is C19H17BrClN. The van der Waals surface area contributed by atoms with Gasteiger partial charge < -0.3 is 5.32 Å². The maximum atomic E-state index is 6.35. The monoisotopic (exact) mass is 373 g/mol. The Kier molecular flexibility index (Phi) is 3.54. The highest BCUT2D eigenvalue weighted by atomic mass is 79.9. The summed E-state index contributed by atoms with van der Waals surface area (Å²) >= 11 is 10.1. The summed E-state index contributed by atoms with van der Waals surface area (Å²) in [5.41, 5.74) is 5.06. The molecule has 1 heterocycles. The summed E-state index contributed by atoms with van der Waals surface area (Å²) in [5, 5.41) is 4.61. The van der Waals surface area contributed by atoms with Gasteiger partial charge in [0, 0.05) is 21.1 Å². The van der Waals surface area contributed by atoms with Crippen molar-refractivity contribution in [2.24, 2.45) is 5.92 Å². The van der Waals surface area contributed by atoms with Crippen molar-refractivity contribution in [3.63, 3.8) is 0 Å². The maximum Gasteiger partial charge on any atom is 0.0565 e. The van der Waals surface area contributed by atoms with Crippen LogP contribution in [0.25, 0.3) is 0 Å². The van der Waals surface area contributed by atoms with Crippen LogP contribution >= 0.6 is 27.5 Å². The molecule has 1 aliphatic carbocycles. The molecule has 112 valence electrons. The van der Waals surface area contributed by atoms with Crippen LogP contribution in [0.1, 0.15) is 35.1 Å². The van der Waals surface area contributed by atoms with Gasteiger partial charge in [-0.2, -0.15) is 0 Å². The predicted molar refractivity (Wildman–Crippen MR) is 96.7 cm³/mol. The molecule has 2 aromatic carbocycles. The van der Waals surface area contributed by atoms with Crippen molar-refractivity contribution >= 4 is 33.2 Å². The van der Waals surface area contributed by atoms with Crippen molar-refractivity contribution in [2.45, 2.75) is 25.3 Å².